The van der Waals surface area contributed by atoms with E-state index in [1.165, 1.54) is 19.3 Å². The Balaban J connectivity index is 1.10. The van der Waals surface area contributed by atoms with Gasteiger partial charge in [0.25, 0.3) is 0 Å². The topological polar surface area (TPSA) is 123 Å². The lowest BCUT2D eigenvalue weighted by atomic mass is 9.92. The van der Waals surface area contributed by atoms with E-state index in [9.17, 15) is 14.4 Å². The molecule has 0 radical (unpaired) electrons. The molecular formula is C31H36Cl2N8O3. The molecule has 0 spiro atoms. The molecule has 2 N–H and O–H groups in total. The number of aromatic nitrogens is 5. The second-order valence-corrected chi connectivity index (χ2v) is 13.1. The van der Waals surface area contributed by atoms with Crippen molar-refractivity contribution in [3.8, 4) is 0 Å². The Morgan fingerprint density at radius 2 is 1.84 bits per heavy atom. The van der Waals surface area contributed by atoms with Crippen molar-refractivity contribution in [2.24, 2.45) is 5.92 Å². The van der Waals surface area contributed by atoms with E-state index in [4.69, 9.17) is 23.2 Å². The molecule has 7 rings (SSSR count). The number of fused-ring (bicyclic) bond motifs is 4. The normalized spacial score (nSPS) is 20.4. The maximum Gasteiger partial charge on any atom is 0.327 e. The first-order valence-corrected chi connectivity index (χ1v) is 16.3. The molecule has 3 aliphatic rings. The summed E-state index contributed by atoms with van der Waals surface area (Å²) in [5.74, 6) is -0.560. The van der Waals surface area contributed by atoms with Gasteiger partial charge in [0.2, 0.25) is 11.8 Å². The fourth-order valence-electron chi connectivity index (χ4n) is 7.31. The highest BCUT2D eigenvalue weighted by atomic mass is 35.5. The molecule has 4 aromatic rings. The summed E-state index contributed by atoms with van der Waals surface area (Å²) in [5, 5.41) is 8.79. The Bertz CT molecular complexity index is 1770. The number of piperidine rings is 2. The average molecular weight is 640 g/mol. The van der Waals surface area contributed by atoms with Gasteiger partial charge < -0.3 is 14.7 Å². The molecule has 3 aromatic heterocycles. The fourth-order valence-corrected chi connectivity index (χ4v) is 7.82. The molecule has 6 heterocycles. The lowest BCUT2D eigenvalue weighted by Crippen LogP contribution is -2.44. The van der Waals surface area contributed by atoms with Crippen LogP contribution in [0.3, 0.4) is 0 Å². The highest BCUT2D eigenvalue weighted by Crippen LogP contribution is 2.37. The zero-order valence-electron chi connectivity index (χ0n) is 24.5. The molecule has 11 nitrogen and oxygen atoms in total. The van der Waals surface area contributed by atoms with Gasteiger partial charge in [-0.3, -0.25) is 24.2 Å². The molecule has 0 bridgehead atoms. The molecule has 3 aliphatic heterocycles. The van der Waals surface area contributed by atoms with Crippen LogP contribution in [0.4, 0.5) is 0 Å². The van der Waals surface area contributed by atoms with Gasteiger partial charge in [0.05, 0.1) is 16.5 Å². The van der Waals surface area contributed by atoms with E-state index in [2.05, 4.69) is 25.1 Å². The van der Waals surface area contributed by atoms with Gasteiger partial charge in [-0.1, -0.05) is 29.6 Å². The zero-order valence-corrected chi connectivity index (χ0v) is 26.0. The summed E-state index contributed by atoms with van der Waals surface area (Å²) in [6.45, 7) is 4.93. The van der Waals surface area contributed by atoms with Crippen LogP contribution in [0.1, 0.15) is 55.7 Å². The molecule has 13 heteroatoms. The molecule has 0 unspecified atom stereocenters. The van der Waals surface area contributed by atoms with Gasteiger partial charge in [-0.05, 0) is 74.5 Å². The predicted octanol–water partition coefficient (Wildman–Crippen LogP) is 4.15. The van der Waals surface area contributed by atoms with Crippen molar-refractivity contribution in [1.29, 1.82) is 0 Å². The van der Waals surface area contributed by atoms with E-state index in [-0.39, 0.29) is 30.0 Å². The van der Waals surface area contributed by atoms with E-state index in [1.54, 1.807) is 10.8 Å². The highest BCUT2D eigenvalue weighted by Gasteiger charge is 2.35. The van der Waals surface area contributed by atoms with Gasteiger partial charge in [0, 0.05) is 56.8 Å². The van der Waals surface area contributed by atoms with Crippen LogP contribution in [0.15, 0.2) is 29.2 Å². The summed E-state index contributed by atoms with van der Waals surface area (Å²) in [6.07, 6.45) is 7.11. The van der Waals surface area contributed by atoms with Crippen LogP contribution in [0, 0.1) is 5.92 Å². The summed E-state index contributed by atoms with van der Waals surface area (Å²) in [5.41, 5.74) is 3.65. The van der Waals surface area contributed by atoms with Gasteiger partial charge in [-0.25, -0.2) is 9.78 Å². The lowest BCUT2D eigenvalue weighted by molar-refractivity contribution is -0.142. The SMILES string of the molecule is O=C(C[C@@H]1Cc2cc(Cl)c3n[nH]c(Cl)c3c2CN(CCN2CCCCC2)C1=O)N1CCC(n2c(=O)[nH]c3ncccc32)CC1. The molecule has 1 aromatic carbocycles. The van der Waals surface area contributed by atoms with Crippen molar-refractivity contribution in [1.82, 2.24) is 39.4 Å². The molecular weight excluding hydrogens is 603 g/mol. The van der Waals surface area contributed by atoms with Crippen molar-refractivity contribution in [2.75, 3.05) is 39.3 Å². The molecule has 0 aliphatic carbocycles. The van der Waals surface area contributed by atoms with E-state index < -0.39 is 5.92 Å². The number of amides is 2. The van der Waals surface area contributed by atoms with Crippen LogP contribution >= 0.6 is 23.2 Å². The van der Waals surface area contributed by atoms with Crippen molar-refractivity contribution in [3.63, 3.8) is 0 Å². The van der Waals surface area contributed by atoms with Crippen molar-refractivity contribution in [2.45, 2.75) is 57.5 Å². The van der Waals surface area contributed by atoms with Crippen LogP contribution in [0.25, 0.3) is 22.1 Å². The number of halogens is 2. The van der Waals surface area contributed by atoms with E-state index in [0.717, 1.165) is 41.7 Å². The third-order valence-corrected chi connectivity index (χ3v) is 10.2. The fraction of sp³-hybridized carbons (Fsp3) is 0.516. The maximum absolute atomic E-state index is 14.1. The standard InChI is InChI=1S/C31H36Cl2N8O3/c32-23-16-19-15-20(17-25(42)39-11-6-21(7-12-39)41-24-5-4-8-34-29(24)35-31(41)44)30(43)40(14-13-38-9-2-1-3-10-38)18-22(19)26-27(23)36-37-28(26)33/h4-5,8,16,20-21H,1-3,6-7,9-15,17-18H2,(H,36,37)(H,34,35,44)/t20-/m0/s1. The number of imidazole rings is 1. The van der Waals surface area contributed by atoms with Gasteiger partial charge >= 0.3 is 5.69 Å². The number of H-pyrrole nitrogens is 2. The van der Waals surface area contributed by atoms with Crippen molar-refractivity contribution in [3.05, 3.63) is 56.2 Å². The first-order valence-electron chi connectivity index (χ1n) is 15.6. The molecule has 2 saturated heterocycles. The summed E-state index contributed by atoms with van der Waals surface area (Å²) >= 11 is 13.2. The number of nitrogens with one attached hydrogen (secondary N) is 2. The first kappa shape index (κ1) is 29.3. The third-order valence-electron chi connectivity index (χ3n) is 9.64. The molecule has 44 heavy (non-hydrogen) atoms. The average Bonchev–Trinajstić information content (AvgIpc) is 3.56. The minimum atomic E-state index is -0.510. The Morgan fingerprint density at radius 1 is 1.05 bits per heavy atom. The monoisotopic (exact) mass is 638 g/mol. The zero-order chi connectivity index (χ0) is 30.4. The first-order chi connectivity index (χ1) is 21.4. The Hall–Kier alpha value is -3.41. The number of hydrogen-bond donors (Lipinski definition) is 2. The van der Waals surface area contributed by atoms with E-state index in [1.807, 2.05) is 28.0 Å². The van der Waals surface area contributed by atoms with Crippen LogP contribution in [-0.4, -0.2) is 90.5 Å². The summed E-state index contributed by atoms with van der Waals surface area (Å²) in [6, 6.07) is 5.57. The van der Waals surface area contributed by atoms with Crippen LogP contribution in [0.5, 0.6) is 0 Å². The minimum absolute atomic E-state index is 0.0109. The number of hydrogen-bond acceptors (Lipinski definition) is 6. The Morgan fingerprint density at radius 3 is 2.64 bits per heavy atom. The molecule has 2 amide bonds. The number of pyridine rings is 1. The third kappa shape index (κ3) is 5.50. The Kier molecular flexibility index (Phi) is 8.11. The number of carbonyl (C=O) groups is 2. The second kappa shape index (κ2) is 12.2. The van der Waals surface area contributed by atoms with Crippen molar-refractivity contribution < 1.29 is 9.59 Å². The number of benzene rings is 1. The molecule has 0 saturated carbocycles. The minimum Gasteiger partial charge on any atom is -0.343 e. The summed E-state index contributed by atoms with van der Waals surface area (Å²) < 4.78 is 1.77. The van der Waals surface area contributed by atoms with Crippen LogP contribution < -0.4 is 5.69 Å². The van der Waals surface area contributed by atoms with Gasteiger partial charge in [-0.15, -0.1) is 0 Å². The lowest BCUT2D eigenvalue weighted by Gasteiger charge is -2.34. The maximum atomic E-state index is 14.1. The van der Waals surface area contributed by atoms with Crippen molar-refractivity contribution >= 4 is 57.1 Å². The smallest absolute Gasteiger partial charge is 0.327 e. The predicted molar refractivity (Wildman–Crippen MR) is 169 cm³/mol. The molecule has 1 atom stereocenters. The summed E-state index contributed by atoms with van der Waals surface area (Å²) in [7, 11) is 0. The quantitative estimate of drug-likeness (QED) is 0.327. The number of likely N-dealkylation sites (tertiary alicyclic amines) is 2. The number of rotatable bonds is 6. The molecule has 2 fully saturated rings. The van der Waals surface area contributed by atoms with E-state index >= 15 is 0 Å². The highest BCUT2D eigenvalue weighted by molar-refractivity contribution is 6.39. The van der Waals surface area contributed by atoms with Gasteiger partial charge in [0.15, 0.2) is 5.65 Å². The second-order valence-electron chi connectivity index (χ2n) is 12.3. The number of nitrogens with zero attached hydrogens (tertiary/aromatic N) is 6. The van der Waals surface area contributed by atoms with Gasteiger partial charge in [-0.2, -0.15) is 5.10 Å². The number of carbonyl (C=O) groups excluding carboxylic acids is 2. The van der Waals surface area contributed by atoms with Crippen LogP contribution in [-0.2, 0) is 22.6 Å². The van der Waals surface area contributed by atoms with E-state index in [0.29, 0.717) is 66.8 Å². The molecule has 232 valence electrons. The number of aromatic amines is 2. The van der Waals surface area contributed by atoms with Crippen LogP contribution in [0.2, 0.25) is 10.2 Å². The summed E-state index contributed by atoms with van der Waals surface area (Å²) in [4.78, 5) is 53.8. The van der Waals surface area contributed by atoms with Gasteiger partial charge in [0.1, 0.15) is 10.7 Å². The largest absolute Gasteiger partial charge is 0.343 e. The Labute approximate surface area is 264 Å².